The summed E-state index contributed by atoms with van der Waals surface area (Å²) in [4.78, 5) is 4.04. The van der Waals surface area contributed by atoms with Crippen LogP contribution in [-0.2, 0) is 0 Å². The first-order chi connectivity index (χ1) is 7.22. The van der Waals surface area contributed by atoms with Gasteiger partial charge in [0.1, 0.15) is 5.76 Å². The van der Waals surface area contributed by atoms with E-state index in [2.05, 4.69) is 4.98 Å². The van der Waals surface area contributed by atoms with E-state index in [4.69, 9.17) is 9.15 Å². The van der Waals surface area contributed by atoms with E-state index in [1.54, 1.807) is 31.3 Å². The summed E-state index contributed by atoms with van der Waals surface area (Å²) in [6.45, 7) is 1.80. The first-order valence-electron chi connectivity index (χ1n) is 4.51. The highest BCUT2D eigenvalue weighted by molar-refractivity contribution is 5.66. The van der Waals surface area contributed by atoms with Crippen molar-refractivity contribution < 1.29 is 14.3 Å². The SMILES string of the molecule is COc1cccc(-c2ncc(C)o2)c1O. The Morgan fingerprint density at radius 3 is 2.80 bits per heavy atom. The number of nitrogens with zero attached hydrogens (tertiary/aromatic N) is 1. The van der Waals surface area contributed by atoms with Gasteiger partial charge in [-0.3, -0.25) is 0 Å². The molecule has 15 heavy (non-hydrogen) atoms. The van der Waals surface area contributed by atoms with E-state index < -0.39 is 0 Å². The standard InChI is InChI=1S/C11H11NO3/c1-7-6-12-11(15-7)8-4-3-5-9(14-2)10(8)13/h3-6,13H,1-2H3. The molecule has 0 saturated heterocycles. The first-order valence-corrected chi connectivity index (χ1v) is 4.51. The summed E-state index contributed by atoms with van der Waals surface area (Å²) < 4.78 is 10.3. The highest BCUT2D eigenvalue weighted by Crippen LogP contribution is 2.36. The smallest absolute Gasteiger partial charge is 0.230 e. The Bertz CT molecular complexity index is 476. The Kier molecular flexibility index (Phi) is 2.33. The first kappa shape index (κ1) is 9.58. The van der Waals surface area contributed by atoms with Crippen LogP contribution >= 0.6 is 0 Å². The van der Waals surface area contributed by atoms with Crippen LogP contribution in [0.3, 0.4) is 0 Å². The van der Waals surface area contributed by atoms with Crippen molar-refractivity contribution in [1.82, 2.24) is 4.98 Å². The van der Waals surface area contributed by atoms with Crippen LogP contribution in [0, 0.1) is 6.92 Å². The molecule has 0 aliphatic heterocycles. The van der Waals surface area contributed by atoms with Crippen LogP contribution in [0.5, 0.6) is 11.5 Å². The van der Waals surface area contributed by atoms with E-state index in [1.807, 2.05) is 0 Å². The maximum atomic E-state index is 9.83. The maximum Gasteiger partial charge on any atom is 0.230 e. The Morgan fingerprint density at radius 1 is 1.40 bits per heavy atom. The van der Waals surface area contributed by atoms with Crippen LogP contribution in [0.1, 0.15) is 5.76 Å². The molecule has 78 valence electrons. The van der Waals surface area contributed by atoms with E-state index in [1.165, 1.54) is 7.11 Å². The fourth-order valence-electron chi connectivity index (χ4n) is 1.34. The molecule has 0 aliphatic rings. The lowest BCUT2D eigenvalue weighted by Crippen LogP contribution is -1.85. The number of phenolic OH excluding ortho intramolecular Hbond substituents is 1. The average molecular weight is 205 g/mol. The fraction of sp³-hybridized carbons (Fsp3) is 0.182. The average Bonchev–Trinajstić information content (AvgIpc) is 2.65. The van der Waals surface area contributed by atoms with Crippen LogP contribution in [0.4, 0.5) is 0 Å². The number of hydrogen-bond acceptors (Lipinski definition) is 4. The van der Waals surface area contributed by atoms with Gasteiger partial charge in [0.15, 0.2) is 11.5 Å². The van der Waals surface area contributed by atoms with Crippen molar-refractivity contribution in [3.8, 4) is 23.0 Å². The molecule has 0 atom stereocenters. The van der Waals surface area contributed by atoms with Crippen LogP contribution in [-0.4, -0.2) is 17.2 Å². The number of methoxy groups -OCH3 is 1. The van der Waals surface area contributed by atoms with Gasteiger partial charge >= 0.3 is 0 Å². The summed E-state index contributed by atoms with van der Waals surface area (Å²) >= 11 is 0. The molecule has 4 heteroatoms. The molecule has 0 bridgehead atoms. The number of ether oxygens (including phenoxy) is 1. The maximum absolute atomic E-state index is 9.83. The third-order valence-electron chi connectivity index (χ3n) is 2.07. The largest absolute Gasteiger partial charge is 0.504 e. The minimum absolute atomic E-state index is 0.0434. The summed E-state index contributed by atoms with van der Waals surface area (Å²) in [5.74, 6) is 1.54. The summed E-state index contributed by atoms with van der Waals surface area (Å²) in [5, 5.41) is 9.83. The molecule has 0 saturated carbocycles. The number of para-hydroxylation sites is 1. The van der Waals surface area contributed by atoms with Gasteiger partial charge in [-0.05, 0) is 19.1 Å². The zero-order valence-corrected chi connectivity index (χ0v) is 8.52. The number of aromatic hydroxyl groups is 1. The van der Waals surface area contributed by atoms with Crippen molar-refractivity contribution >= 4 is 0 Å². The second-order valence-corrected chi connectivity index (χ2v) is 3.13. The molecule has 2 aromatic rings. The number of aryl methyl sites for hydroxylation is 1. The molecule has 0 amide bonds. The third kappa shape index (κ3) is 1.66. The highest BCUT2D eigenvalue weighted by Gasteiger charge is 2.13. The molecule has 2 rings (SSSR count). The van der Waals surface area contributed by atoms with Gasteiger partial charge in [0.05, 0.1) is 18.9 Å². The topological polar surface area (TPSA) is 55.5 Å². The van der Waals surface area contributed by atoms with Crippen molar-refractivity contribution in [2.45, 2.75) is 6.92 Å². The minimum Gasteiger partial charge on any atom is -0.504 e. The van der Waals surface area contributed by atoms with Gasteiger partial charge in [-0.15, -0.1) is 0 Å². The van der Waals surface area contributed by atoms with Gasteiger partial charge in [-0.1, -0.05) is 6.07 Å². The van der Waals surface area contributed by atoms with Crippen LogP contribution in [0.15, 0.2) is 28.8 Å². The van der Waals surface area contributed by atoms with Crippen molar-refractivity contribution in [3.05, 3.63) is 30.2 Å². The second-order valence-electron chi connectivity index (χ2n) is 3.13. The fourth-order valence-corrected chi connectivity index (χ4v) is 1.34. The molecule has 4 nitrogen and oxygen atoms in total. The van der Waals surface area contributed by atoms with Crippen LogP contribution in [0.25, 0.3) is 11.5 Å². The number of aromatic nitrogens is 1. The molecule has 0 fully saturated rings. The predicted octanol–water partition coefficient (Wildman–Crippen LogP) is 2.36. The Hall–Kier alpha value is -1.97. The molecule has 1 heterocycles. The highest BCUT2D eigenvalue weighted by atomic mass is 16.5. The lowest BCUT2D eigenvalue weighted by atomic mass is 10.2. The zero-order chi connectivity index (χ0) is 10.8. The molecular formula is C11H11NO3. The zero-order valence-electron chi connectivity index (χ0n) is 8.52. The number of oxazole rings is 1. The monoisotopic (exact) mass is 205 g/mol. The van der Waals surface area contributed by atoms with Gasteiger partial charge < -0.3 is 14.3 Å². The quantitative estimate of drug-likeness (QED) is 0.817. The molecule has 1 aromatic carbocycles. The molecule has 1 N–H and O–H groups in total. The minimum atomic E-state index is 0.0434. The second kappa shape index (κ2) is 3.65. The van der Waals surface area contributed by atoms with Crippen LogP contribution in [0.2, 0.25) is 0 Å². The Balaban J connectivity index is 2.53. The number of benzene rings is 1. The number of phenols is 1. The molecular weight excluding hydrogens is 194 g/mol. The molecule has 0 radical (unpaired) electrons. The van der Waals surface area contributed by atoms with Gasteiger partial charge in [-0.25, -0.2) is 4.98 Å². The van der Waals surface area contributed by atoms with Gasteiger partial charge in [0.2, 0.25) is 5.89 Å². The third-order valence-corrected chi connectivity index (χ3v) is 2.07. The summed E-state index contributed by atoms with van der Waals surface area (Å²) in [6.07, 6.45) is 1.61. The summed E-state index contributed by atoms with van der Waals surface area (Å²) in [5.41, 5.74) is 0.530. The van der Waals surface area contributed by atoms with E-state index in [-0.39, 0.29) is 5.75 Å². The summed E-state index contributed by atoms with van der Waals surface area (Å²) in [7, 11) is 1.50. The van der Waals surface area contributed by atoms with E-state index >= 15 is 0 Å². The van der Waals surface area contributed by atoms with Gasteiger partial charge in [-0.2, -0.15) is 0 Å². The van der Waals surface area contributed by atoms with Gasteiger partial charge in [0, 0.05) is 0 Å². The van der Waals surface area contributed by atoms with E-state index in [9.17, 15) is 5.11 Å². The van der Waals surface area contributed by atoms with Gasteiger partial charge in [0.25, 0.3) is 0 Å². The number of hydrogen-bond donors (Lipinski definition) is 1. The number of rotatable bonds is 2. The van der Waals surface area contributed by atoms with E-state index in [0.717, 1.165) is 0 Å². The molecule has 0 unspecified atom stereocenters. The Morgan fingerprint density at radius 2 is 2.20 bits per heavy atom. The van der Waals surface area contributed by atoms with Crippen LogP contribution < -0.4 is 4.74 Å². The van der Waals surface area contributed by atoms with Crippen molar-refractivity contribution in [2.24, 2.45) is 0 Å². The lowest BCUT2D eigenvalue weighted by Gasteiger charge is -2.05. The van der Waals surface area contributed by atoms with Crippen molar-refractivity contribution in [2.75, 3.05) is 7.11 Å². The predicted molar refractivity (Wildman–Crippen MR) is 54.9 cm³/mol. The normalized spacial score (nSPS) is 10.3. The van der Waals surface area contributed by atoms with Crippen molar-refractivity contribution in [3.63, 3.8) is 0 Å². The lowest BCUT2D eigenvalue weighted by molar-refractivity contribution is 0.373. The van der Waals surface area contributed by atoms with Crippen molar-refractivity contribution in [1.29, 1.82) is 0 Å². The molecule has 0 spiro atoms. The summed E-state index contributed by atoms with van der Waals surface area (Å²) in [6, 6.07) is 5.17. The Labute approximate surface area is 87.1 Å². The van der Waals surface area contributed by atoms with E-state index in [0.29, 0.717) is 23.0 Å². The molecule has 1 aromatic heterocycles. The molecule has 0 aliphatic carbocycles.